The average molecular weight is 294 g/mol. The van der Waals surface area contributed by atoms with Crippen LogP contribution in [-0.2, 0) is 23.5 Å². The number of anilines is 1. The van der Waals surface area contributed by atoms with E-state index in [0.717, 1.165) is 5.56 Å². The van der Waals surface area contributed by atoms with Gasteiger partial charge in [0.05, 0.1) is 11.1 Å². The summed E-state index contributed by atoms with van der Waals surface area (Å²) in [7, 11) is -1.68. The number of hydrogen-bond donors (Lipinski definition) is 2. The molecule has 1 aromatic heterocycles. The smallest absolute Gasteiger partial charge is 0.240 e. The van der Waals surface area contributed by atoms with E-state index < -0.39 is 10.0 Å². The largest absolute Gasteiger partial charge is 0.399 e. The van der Waals surface area contributed by atoms with E-state index >= 15 is 0 Å². The zero-order valence-electron chi connectivity index (χ0n) is 11.5. The third kappa shape index (κ3) is 3.37. The Morgan fingerprint density at radius 2 is 2.15 bits per heavy atom. The van der Waals surface area contributed by atoms with E-state index in [1.54, 1.807) is 29.9 Å². The van der Waals surface area contributed by atoms with Gasteiger partial charge in [-0.25, -0.2) is 13.1 Å². The van der Waals surface area contributed by atoms with Gasteiger partial charge in [0.1, 0.15) is 0 Å². The van der Waals surface area contributed by atoms with Crippen LogP contribution in [0, 0.1) is 6.92 Å². The number of aryl methyl sites for hydroxylation is 2. The Morgan fingerprint density at radius 3 is 2.75 bits per heavy atom. The normalized spacial score (nSPS) is 11.7. The maximum atomic E-state index is 12.2. The van der Waals surface area contributed by atoms with Crippen LogP contribution in [0.4, 0.5) is 5.69 Å². The minimum absolute atomic E-state index is 0.262. The fraction of sp³-hybridized carbons (Fsp3) is 0.308. The molecule has 20 heavy (non-hydrogen) atoms. The second-order valence-electron chi connectivity index (χ2n) is 4.69. The van der Waals surface area contributed by atoms with Crippen molar-refractivity contribution in [3.8, 4) is 0 Å². The van der Waals surface area contributed by atoms with Crippen LogP contribution in [-0.4, -0.2) is 24.7 Å². The van der Waals surface area contributed by atoms with E-state index in [1.807, 2.05) is 13.2 Å². The molecule has 0 saturated carbocycles. The van der Waals surface area contributed by atoms with Crippen molar-refractivity contribution in [3.05, 3.63) is 41.7 Å². The van der Waals surface area contributed by atoms with Gasteiger partial charge in [-0.05, 0) is 42.7 Å². The first kappa shape index (κ1) is 14.5. The van der Waals surface area contributed by atoms with Crippen molar-refractivity contribution in [1.82, 2.24) is 14.5 Å². The van der Waals surface area contributed by atoms with E-state index in [1.165, 1.54) is 6.07 Å². The summed E-state index contributed by atoms with van der Waals surface area (Å²) in [6.07, 6.45) is 4.19. The molecule has 7 heteroatoms. The van der Waals surface area contributed by atoms with Gasteiger partial charge < -0.3 is 5.73 Å². The van der Waals surface area contributed by atoms with Gasteiger partial charge in [-0.15, -0.1) is 0 Å². The summed E-state index contributed by atoms with van der Waals surface area (Å²) >= 11 is 0. The number of benzene rings is 1. The van der Waals surface area contributed by atoms with E-state index in [4.69, 9.17) is 5.73 Å². The van der Waals surface area contributed by atoms with Gasteiger partial charge in [0.2, 0.25) is 10.0 Å². The summed E-state index contributed by atoms with van der Waals surface area (Å²) in [5, 5.41) is 4.04. The molecule has 0 fully saturated rings. The molecule has 0 amide bonds. The van der Waals surface area contributed by atoms with Crippen LogP contribution in [0.15, 0.2) is 35.5 Å². The molecule has 0 aliphatic heterocycles. The van der Waals surface area contributed by atoms with Crippen molar-refractivity contribution < 1.29 is 8.42 Å². The topological polar surface area (TPSA) is 90.0 Å². The fourth-order valence-electron chi connectivity index (χ4n) is 1.98. The lowest BCUT2D eigenvalue weighted by Crippen LogP contribution is -2.26. The van der Waals surface area contributed by atoms with Crippen LogP contribution in [0.1, 0.15) is 11.1 Å². The lowest BCUT2D eigenvalue weighted by atomic mass is 10.2. The fourth-order valence-corrected chi connectivity index (χ4v) is 3.24. The van der Waals surface area contributed by atoms with Gasteiger partial charge in [0.25, 0.3) is 0 Å². The van der Waals surface area contributed by atoms with Crippen LogP contribution in [0.2, 0.25) is 0 Å². The number of nitrogens with one attached hydrogen (secondary N) is 1. The van der Waals surface area contributed by atoms with Crippen molar-refractivity contribution in [2.45, 2.75) is 18.2 Å². The van der Waals surface area contributed by atoms with Crippen LogP contribution in [0.3, 0.4) is 0 Å². The number of hydrogen-bond acceptors (Lipinski definition) is 4. The molecule has 1 aromatic carbocycles. The first-order valence-electron chi connectivity index (χ1n) is 6.22. The van der Waals surface area contributed by atoms with Crippen LogP contribution >= 0.6 is 0 Å². The standard InChI is InChI=1S/C13H18N4O2S/c1-10-7-12(14)3-4-13(10)20(18,19)16-6-5-11-8-15-17(2)9-11/h3-4,7-9,16H,5-6,14H2,1-2H3. The third-order valence-electron chi connectivity index (χ3n) is 2.95. The highest BCUT2D eigenvalue weighted by molar-refractivity contribution is 7.89. The molecule has 1 heterocycles. The Balaban J connectivity index is 2.04. The van der Waals surface area contributed by atoms with Gasteiger partial charge in [-0.2, -0.15) is 5.10 Å². The molecule has 0 aliphatic rings. The number of sulfonamides is 1. The number of nitrogens with zero attached hydrogens (tertiary/aromatic N) is 2. The molecule has 0 bridgehead atoms. The lowest BCUT2D eigenvalue weighted by molar-refractivity contribution is 0.581. The summed E-state index contributed by atoms with van der Waals surface area (Å²) in [5.41, 5.74) is 7.81. The Kier molecular flexibility index (Phi) is 4.10. The highest BCUT2D eigenvalue weighted by atomic mass is 32.2. The number of aromatic nitrogens is 2. The number of nitrogens with two attached hydrogens (primary N) is 1. The molecular weight excluding hydrogens is 276 g/mol. The Hall–Kier alpha value is -1.86. The first-order valence-corrected chi connectivity index (χ1v) is 7.70. The van der Waals surface area contributed by atoms with Crippen LogP contribution in [0.5, 0.6) is 0 Å². The van der Waals surface area contributed by atoms with Crippen molar-refractivity contribution in [1.29, 1.82) is 0 Å². The van der Waals surface area contributed by atoms with E-state index in [9.17, 15) is 8.42 Å². The predicted octanol–water partition coefficient (Wildman–Crippen LogP) is 0.832. The minimum Gasteiger partial charge on any atom is -0.399 e. The van der Waals surface area contributed by atoms with Gasteiger partial charge in [0.15, 0.2) is 0 Å². The molecule has 108 valence electrons. The molecule has 0 aliphatic carbocycles. The number of rotatable bonds is 5. The van der Waals surface area contributed by atoms with E-state index in [-0.39, 0.29) is 4.90 Å². The van der Waals surface area contributed by atoms with Crippen molar-refractivity contribution >= 4 is 15.7 Å². The molecule has 2 rings (SSSR count). The second kappa shape index (κ2) is 5.64. The van der Waals surface area contributed by atoms with Crippen LogP contribution in [0.25, 0.3) is 0 Å². The highest BCUT2D eigenvalue weighted by Crippen LogP contribution is 2.17. The Labute approximate surface area is 118 Å². The van der Waals surface area contributed by atoms with Crippen molar-refractivity contribution in [2.24, 2.45) is 7.05 Å². The summed E-state index contributed by atoms with van der Waals surface area (Å²) in [5.74, 6) is 0. The SMILES string of the molecule is Cc1cc(N)ccc1S(=O)(=O)NCCc1cnn(C)c1. The summed E-state index contributed by atoms with van der Waals surface area (Å²) < 4.78 is 28.7. The molecule has 0 atom stereocenters. The molecule has 6 nitrogen and oxygen atoms in total. The zero-order chi connectivity index (χ0) is 14.8. The molecule has 2 aromatic rings. The Bertz CT molecular complexity index is 707. The lowest BCUT2D eigenvalue weighted by Gasteiger charge is -2.09. The zero-order valence-corrected chi connectivity index (χ0v) is 12.3. The molecular formula is C13H18N4O2S. The van der Waals surface area contributed by atoms with Gasteiger partial charge in [-0.3, -0.25) is 4.68 Å². The maximum absolute atomic E-state index is 12.2. The van der Waals surface area contributed by atoms with Gasteiger partial charge in [-0.1, -0.05) is 0 Å². The third-order valence-corrected chi connectivity index (χ3v) is 4.57. The average Bonchev–Trinajstić information content (AvgIpc) is 2.74. The van der Waals surface area contributed by atoms with E-state index in [0.29, 0.717) is 24.2 Å². The van der Waals surface area contributed by atoms with Gasteiger partial charge >= 0.3 is 0 Å². The predicted molar refractivity (Wildman–Crippen MR) is 77.7 cm³/mol. The molecule has 0 radical (unpaired) electrons. The summed E-state index contributed by atoms with van der Waals surface area (Å²) in [6, 6.07) is 4.76. The molecule has 0 spiro atoms. The quantitative estimate of drug-likeness (QED) is 0.799. The minimum atomic E-state index is -3.50. The monoisotopic (exact) mass is 294 g/mol. The summed E-state index contributed by atoms with van der Waals surface area (Å²) in [4.78, 5) is 0.262. The molecule has 0 unspecified atom stereocenters. The first-order chi connectivity index (χ1) is 9.38. The maximum Gasteiger partial charge on any atom is 0.240 e. The van der Waals surface area contributed by atoms with Gasteiger partial charge in [0, 0.05) is 25.5 Å². The molecule has 0 saturated heterocycles. The number of nitrogen functional groups attached to an aromatic ring is 1. The second-order valence-corrected chi connectivity index (χ2v) is 6.43. The molecule has 3 N–H and O–H groups in total. The van der Waals surface area contributed by atoms with Crippen molar-refractivity contribution in [2.75, 3.05) is 12.3 Å². The van der Waals surface area contributed by atoms with Crippen LogP contribution < -0.4 is 10.5 Å². The van der Waals surface area contributed by atoms with Crippen molar-refractivity contribution in [3.63, 3.8) is 0 Å². The highest BCUT2D eigenvalue weighted by Gasteiger charge is 2.16. The Morgan fingerprint density at radius 1 is 1.40 bits per heavy atom. The summed E-state index contributed by atoms with van der Waals surface area (Å²) in [6.45, 7) is 2.06. The van der Waals surface area contributed by atoms with E-state index in [2.05, 4.69) is 9.82 Å².